The second-order valence-corrected chi connectivity index (χ2v) is 7.67. The molecule has 0 bridgehead atoms. The van der Waals surface area contributed by atoms with E-state index in [1.165, 1.54) is 0 Å². The van der Waals surface area contributed by atoms with Gasteiger partial charge in [-0.3, -0.25) is 0 Å². The summed E-state index contributed by atoms with van der Waals surface area (Å²) < 4.78 is 7.84. The van der Waals surface area contributed by atoms with Gasteiger partial charge in [0.25, 0.3) is 0 Å². The Kier molecular flexibility index (Phi) is 6.64. The van der Waals surface area contributed by atoms with Gasteiger partial charge in [-0.2, -0.15) is 10.5 Å². The normalized spacial score (nSPS) is 11.0. The summed E-state index contributed by atoms with van der Waals surface area (Å²) in [7, 11) is 0. The molecule has 2 aromatic rings. The molecular weight excluding hydrogens is 526 g/mol. The quantitative estimate of drug-likeness (QED) is 0.288. The lowest BCUT2D eigenvalue weighted by Crippen LogP contribution is -2.08. The van der Waals surface area contributed by atoms with Crippen LogP contribution in [0.5, 0.6) is 5.75 Å². The number of benzene rings is 2. The number of ether oxygens (including phenoxy) is 1. The minimum Gasteiger partial charge on any atom is -0.489 e. The second kappa shape index (κ2) is 8.50. The maximum Gasteiger partial charge on any atom is 0.146 e. The molecular formula is C19H14I2N2O. The van der Waals surface area contributed by atoms with Crippen LogP contribution < -0.4 is 4.74 Å². The smallest absolute Gasteiger partial charge is 0.146 e. The molecule has 0 aliphatic heterocycles. The molecule has 0 aromatic heterocycles. The van der Waals surface area contributed by atoms with E-state index in [0.717, 1.165) is 24.0 Å². The van der Waals surface area contributed by atoms with Gasteiger partial charge >= 0.3 is 0 Å². The van der Waals surface area contributed by atoms with E-state index in [4.69, 9.17) is 10.00 Å². The van der Waals surface area contributed by atoms with E-state index in [2.05, 4.69) is 57.3 Å². The van der Waals surface area contributed by atoms with Crippen molar-refractivity contribution < 1.29 is 4.74 Å². The fourth-order valence-electron chi connectivity index (χ4n) is 2.11. The number of nitriles is 2. The molecule has 5 heteroatoms. The largest absolute Gasteiger partial charge is 0.489 e. The molecule has 0 fully saturated rings. The Hall–Kier alpha value is -1.58. The van der Waals surface area contributed by atoms with Crippen LogP contribution in [0.4, 0.5) is 0 Å². The highest BCUT2D eigenvalue weighted by atomic mass is 127. The standard InChI is InChI=1S/C19H14I2N2O/c1-12(2)24-19-17(20)8-14(9-18(19)21)7-16(11-23)15-5-3-4-13(6-15)10-22/h3-9,12H,1-2H3/b16-7-. The Morgan fingerprint density at radius 2 is 1.79 bits per heavy atom. The molecule has 0 aliphatic carbocycles. The average molecular weight is 540 g/mol. The second-order valence-electron chi connectivity index (χ2n) is 5.34. The molecule has 0 radical (unpaired) electrons. The Labute approximate surface area is 169 Å². The molecule has 0 atom stereocenters. The van der Waals surface area contributed by atoms with Crippen molar-refractivity contribution in [3.05, 3.63) is 60.2 Å². The van der Waals surface area contributed by atoms with E-state index in [9.17, 15) is 5.26 Å². The van der Waals surface area contributed by atoms with Crippen LogP contribution >= 0.6 is 45.2 Å². The maximum absolute atomic E-state index is 9.49. The van der Waals surface area contributed by atoms with Gasteiger partial charge in [0.2, 0.25) is 0 Å². The zero-order valence-corrected chi connectivity index (χ0v) is 17.5. The van der Waals surface area contributed by atoms with E-state index < -0.39 is 0 Å². The topological polar surface area (TPSA) is 56.8 Å². The molecule has 0 N–H and O–H groups in total. The number of rotatable bonds is 4. The molecule has 3 nitrogen and oxygen atoms in total. The van der Waals surface area contributed by atoms with Gasteiger partial charge in [0.05, 0.1) is 36.5 Å². The van der Waals surface area contributed by atoms with Crippen LogP contribution in [0.15, 0.2) is 36.4 Å². The van der Waals surface area contributed by atoms with E-state index >= 15 is 0 Å². The van der Waals surface area contributed by atoms with Crippen LogP contribution in [0.1, 0.15) is 30.5 Å². The zero-order valence-electron chi connectivity index (χ0n) is 13.2. The van der Waals surface area contributed by atoms with Gasteiger partial charge in [0.1, 0.15) is 5.75 Å². The number of halogens is 2. The third kappa shape index (κ3) is 4.71. The summed E-state index contributed by atoms with van der Waals surface area (Å²) >= 11 is 4.49. The molecule has 0 aliphatic rings. The van der Waals surface area contributed by atoms with Gasteiger partial charge < -0.3 is 4.74 Å². The molecule has 2 rings (SSSR count). The van der Waals surface area contributed by atoms with Gasteiger partial charge in [-0.05, 0) is 100 Å². The first-order chi connectivity index (χ1) is 11.4. The molecule has 24 heavy (non-hydrogen) atoms. The van der Waals surface area contributed by atoms with Crippen molar-refractivity contribution in [3.8, 4) is 17.9 Å². The summed E-state index contributed by atoms with van der Waals surface area (Å²) in [5, 5.41) is 18.5. The molecule has 0 spiro atoms. The van der Waals surface area contributed by atoms with Crippen molar-refractivity contribution in [2.45, 2.75) is 20.0 Å². The van der Waals surface area contributed by atoms with Gasteiger partial charge in [0.15, 0.2) is 0 Å². The molecule has 0 saturated carbocycles. The van der Waals surface area contributed by atoms with Gasteiger partial charge in [-0.25, -0.2) is 0 Å². The Bertz CT molecular complexity index is 851. The Morgan fingerprint density at radius 3 is 2.33 bits per heavy atom. The zero-order chi connectivity index (χ0) is 17.7. The number of hydrogen-bond acceptors (Lipinski definition) is 3. The lowest BCUT2D eigenvalue weighted by atomic mass is 10.0. The lowest BCUT2D eigenvalue weighted by molar-refractivity contribution is 0.239. The Balaban J connectivity index is 2.45. The summed E-state index contributed by atoms with van der Waals surface area (Å²) in [6.45, 7) is 3.99. The number of hydrogen-bond donors (Lipinski definition) is 0. The van der Waals surface area contributed by atoms with Crippen LogP contribution in [0.2, 0.25) is 0 Å². The summed E-state index contributed by atoms with van der Waals surface area (Å²) in [6.07, 6.45) is 1.94. The first-order valence-corrected chi connectivity index (χ1v) is 9.38. The highest BCUT2D eigenvalue weighted by Gasteiger charge is 2.11. The fourth-order valence-corrected chi connectivity index (χ4v) is 4.18. The van der Waals surface area contributed by atoms with Crippen LogP contribution in [0.3, 0.4) is 0 Å². The number of nitrogens with zero attached hydrogens (tertiary/aromatic N) is 2. The van der Waals surface area contributed by atoms with Crippen molar-refractivity contribution in [1.29, 1.82) is 10.5 Å². The predicted molar refractivity (Wildman–Crippen MR) is 112 cm³/mol. The van der Waals surface area contributed by atoms with Crippen molar-refractivity contribution >= 4 is 56.8 Å². The molecule has 0 saturated heterocycles. The van der Waals surface area contributed by atoms with Gasteiger partial charge in [-0.1, -0.05) is 12.1 Å². The van der Waals surface area contributed by atoms with Crippen molar-refractivity contribution in [1.82, 2.24) is 0 Å². The van der Waals surface area contributed by atoms with E-state index in [1.54, 1.807) is 18.2 Å². The molecule has 120 valence electrons. The third-order valence-corrected chi connectivity index (χ3v) is 4.71. The summed E-state index contributed by atoms with van der Waals surface area (Å²) in [4.78, 5) is 0. The van der Waals surface area contributed by atoms with Crippen LogP contribution in [0.25, 0.3) is 11.6 Å². The summed E-state index contributed by atoms with van der Waals surface area (Å²) in [5.74, 6) is 0.869. The molecule has 0 heterocycles. The summed E-state index contributed by atoms with van der Waals surface area (Å²) in [5.41, 5.74) is 2.73. The average Bonchev–Trinajstić information content (AvgIpc) is 2.56. The SMILES string of the molecule is CC(C)Oc1c(I)cc(/C=C(/C#N)c2cccc(C#N)c2)cc1I. The molecule has 0 unspecified atom stereocenters. The van der Waals surface area contributed by atoms with Crippen molar-refractivity contribution in [2.75, 3.05) is 0 Å². The Morgan fingerprint density at radius 1 is 1.12 bits per heavy atom. The van der Waals surface area contributed by atoms with Crippen molar-refractivity contribution in [2.24, 2.45) is 0 Å². The fraction of sp³-hybridized carbons (Fsp3) is 0.158. The van der Waals surface area contributed by atoms with Gasteiger partial charge in [-0.15, -0.1) is 0 Å². The highest BCUT2D eigenvalue weighted by molar-refractivity contribution is 14.1. The van der Waals surface area contributed by atoms with Crippen molar-refractivity contribution in [3.63, 3.8) is 0 Å². The lowest BCUT2D eigenvalue weighted by Gasteiger charge is -2.14. The van der Waals surface area contributed by atoms with E-state index in [-0.39, 0.29) is 6.10 Å². The number of allylic oxidation sites excluding steroid dienone is 1. The van der Waals surface area contributed by atoms with E-state index in [1.807, 2.05) is 38.1 Å². The maximum atomic E-state index is 9.49. The monoisotopic (exact) mass is 540 g/mol. The minimum absolute atomic E-state index is 0.108. The predicted octanol–water partition coefficient (Wildman–Crippen LogP) is 5.62. The summed E-state index contributed by atoms with van der Waals surface area (Å²) in [6, 6.07) is 15.4. The van der Waals surface area contributed by atoms with Crippen LogP contribution in [-0.2, 0) is 0 Å². The first-order valence-electron chi connectivity index (χ1n) is 7.22. The first kappa shape index (κ1) is 18.8. The highest BCUT2D eigenvalue weighted by Crippen LogP contribution is 2.31. The molecule has 2 aromatic carbocycles. The van der Waals surface area contributed by atoms with Crippen LogP contribution in [-0.4, -0.2) is 6.10 Å². The minimum atomic E-state index is 0.108. The third-order valence-electron chi connectivity index (χ3n) is 3.11. The van der Waals surface area contributed by atoms with Crippen LogP contribution in [0, 0.1) is 29.8 Å². The van der Waals surface area contributed by atoms with E-state index in [0.29, 0.717) is 11.1 Å². The van der Waals surface area contributed by atoms with Gasteiger partial charge in [0, 0.05) is 0 Å². The molecule has 0 amide bonds.